The van der Waals surface area contributed by atoms with E-state index < -0.39 is 5.60 Å². The summed E-state index contributed by atoms with van der Waals surface area (Å²) in [5, 5.41) is 16.4. The van der Waals surface area contributed by atoms with E-state index in [1.165, 1.54) is 25.7 Å². The largest absolute Gasteiger partial charge is 0.389 e. The number of hydrogen-bond donors (Lipinski definition) is 1. The van der Waals surface area contributed by atoms with Gasteiger partial charge in [-0.3, -0.25) is 4.68 Å². The molecule has 1 aromatic heterocycles. The summed E-state index contributed by atoms with van der Waals surface area (Å²) < 4.78 is 1.85. The minimum Gasteiger partial charge on any atom is -0.389 e. The Morgan fingerprint density at radius 1 is 1.40 bits per heavy atom. The van der Waals surface area contributed by atoms with Crippen LogP contribution in [0.25, 0.3) is 0 Å². The predicted octanol–water partition coefficient (Wildman–Crippen LogP) is 3.11. The fourth-order valence-corrected chi connectivity index (χ4v) is 5.83. The Hall–Kier alpha value is -0.540. The first-order valence-corrected chi connectivity index (χ1v) is 8.28. The molecule has 1 aromatic rings. The SMILES string of the molecule is Cc1nn(C)c(CC2(O)CC3CC2C2CCCC32)c1Cl. The summed E-state index contributed by atoms with van der Waals surface area (Å²) in [4.78, 5) is 0. The van der Waals surface area contributed by atoms with E-state index in [9.17, 15) is 5.11 Å². The molecule has 2 bridgehead atoms. The number of aromatic nitrogens is 2. The van der Waals surface area contributed by atoms with Crippen molar-refractivity contribution in [1.82, 2.24) is 9.78 Å². The van der Waals surface area contributed by atoms with Crippen molar-refractivity contribution in [3.8, 4) is 0 Å². The number of fused-ring (bicyclic) bond motifs is 5. The van der Waals surface area contributed by atoms with Gasteiger partial charge in [-0.2, -0.15) is 5.10 Å². The van der Waals surface area contributed by atoms with Crippen LogP contribution in [-0.2, 0) is 13.5 Å². The summed E-state index contributed by atoms with van der Waals surface area (Å²) >= 11 is 6.37. The van der Waals surface area contributed by atoms with Crippen LogP contribution in [0, 0.1) is 30.6 Å². The van der Waals surface area contributed by atoms with Gasteiger partial charge in [0.2, 0.25) is 0 Å². The zero-order chi connectivity index (χ0) is 14.1. The minimum absolute atomic E-state index is 0.492. The highest BCUT2D eigenvalue weighted by Gasteiger charge is 2.60. The summed E-state index contributed by atoms with van der Waals surface area (Å²) in [6, 6.07) is 0. The molecule has 0 saturated heterocycles. The maximum atomic E-state index is 11.2. The number of nitrogens with zero attached hydrogens (tertiary/aromatic N) is 2. The maximum Gasteiger partial charge on any atom is 0.0848 e. The number of aryl methyl sites for hydroxylation is 2. The topological polar surface area (TPSA) is 38.0 Å². The van der Waals surface area contributed by atoms with Crippen molar-refractivity contribution in [2.45, 2.75) is 51.0 Å². The third kappa shape index (κ3) is 1.66. The van der Waals surface area contributed by atoms with Gasteiger partial charge in [-0.05, 0) is 56.3 Å². The molecule has 20 heavy (non-hydrogen) atoms. The Balaban J connectivity index is 1.63. The summed E-state index contributed by atoms with van der Waals surface area (Å²) in [5.41, 5.74) is 1.34. The summed E-state index contributed by atoms with van der Waals surface area (Å²) in [6.45, 7) is 1.93. The highest BCUT2D eigenvalue weighted by Crippen LogP contribution is 2.63. The lowest BCUT2D eigenvalue weighted by atomic mass is 9.71. The van der Waals surface area contributed by atoms with Crippen LogP contribution >= 0.6 is 11.6 Å². The third-order valence-corrected chi connectivity index (χ3v) is 6.84. The molecule has 3 fully saturated rings. The van der Waals surface area contributed by atoms with Crippen molar-refractivity contribution < 1.29 is 5.11 Å². The van der Waals surface area contributed by atoms with Crippen LogP contribution in [0.4, 0.5) is 0 Å². The Bertz CT molecular complexity index is 555. The molecule has 0 aliphatic heterocycles. The van der Waals surface area contributed by atoms with Gasteiger partial charge >= 0.3 is 0 Å². The van der Waals surface area contributed by atoms with Gasteiger partial charge in [-0.15, -0.1) is 0 Å². The second-order valence-electron chi connectivity index (χ2n) is 7.32. The first kappa shape index (κ1) is 13.1. The van der Waals surface area contributed by atoms with Crippen LogP contribution in [0.1, 0.15) is 43.5 Å². The molecule has 5 unspecified atom stereocenters. The van der Waals surface area contributed by atoms with Gasteiger partial charge in [0.05, 0.1) is 22.0 Å². The smallest absolute Gasteiger partial charge is 0.0848 e. The van der Waals surface area contributed by atoms with Crippen molar-refractivity contribution >= 4 is 11.6 Å². The van der Waals surface area contributed by atoms with Gasteiger partial charge in [-0.1, -0.05) is 18.0 Å². The Kier molecular flexibility index (Phi) is 2.78. The molecular formula is C16H23ClN2O. The Labute approximate surface area is 125 Å². The van der Waals surface area contributed by atoms with Crippen molar-refractivity contribution in [3.63, 3.8) is 0 Å². The molecule has 5 atom stereocenters. The quantitative estimate of drug-likeness (QED) is 0.910. The molecule has 3 aliphatic rings. The second kappa shape index (κ2) is 4.23. The first-order chi connectivity index (χ1) is 9.49. The van der Waals surface area contributed by atoms with Crippen molar-refractivity contribution in [2.24, 2.45) is 30.7 Å². The minimum atomic E-state index is -0.542. The van der Waals surface area contributed by atoms with E-state index in [0.29, 0.717) is 12.3 Å². The summed E-state index contributed by atoms with van der Waals surface area (Å²) in [7, 11) is 1.93. The van der Waals surface area contributed by atoms with Gasteiger partial charge in [0.1, 0.15) is 0 Å². The Morgan fingerprint density at radius 3 is 2.85 bits per heavy atom. The lowest BCUT2D eigenvalue weighted by molar-refractivity contribution is -0.0462. The molecule has 0 amide bonds. The van der Waals surface area contributed by atoms with Gasteiger partial charge < -0.3 is 5.11 Å². The second-order valence-corrected chi connectivity index (χ2v) is 7.69. The van der Waals surface area contributed by atoms with E-state index in [0.717, 1.165) is 40.6 Å². The average molecular weight is 295 g/mol. The van der Waals surface area contributed by atoms with Crippen molar-refractivity contribution in [3.05, 3.63) is 16.4 Å². The lowest BCUT2D eigenvalue weighted by Crippen LogP contribution is -2.43. The number of halogens is 1. The van der Waals surface area contributed by atoms with Crippen LogP contribution in [0.3, 0.4) is 0 Å². The van der Waals surface area contributed by atoms with Gasteiger partial charge in [-0.25, -0.2) is 0 Å². The molecule has 1 N–H and O–H groups in total. The van der Waals surface area contributed by atoms with Gasteiger partial charge in [0.25, 0.3) is 0 Å². The molecule has 0 aromatic carbocycles. The molecule has 3 aliphatic carbocycles. The van der Waals surface area contributed by atoms with Crippen LogP contribution in [0.2, 0.25) is 5.02 Å². The number of aliphatic hydroxyl groups is 1. The normalized spacial score (nSPS) is 42.4. The molecule has 3 nitrogen and oxygen atoms in total. The zero-order valence-corrected chi connectivity index (χ0v) is 13.0. The van der Waals surface area contributed by atoms with Crippen molar-refractivity contribution in [1.29, 1.82) is 0 Å². The molecule has 0 radical (unpaired) electrons. The average Bonchev–Trinajstić information content (AvgIpc) is 3.08. The van der Waals surface area contributed by atoms with E-state index in [1.54, 1.807) is 0 Å². The number of hydrogen-bond acceptors (Lipinski definition) is 2. The molecular weight excluding hydrogens is 272 g/mol. The molecule has 4 heteroatoms. The fraction of sp³-hybridized carbons (Fsp3) is 0.812. The van der Waals surface area contributed by atoms with Gasteiger partial charge in [0.15, 0.2) is 0 Å². The maximum absolute atomic E-state index is 11.2. The van der Waals surface area contributed by atoms with Crippen LogP contribution in [-0.4, -0.2) is 20.5 Å². The standard InChI is InChI=1S/C16H23ClN2O/c1-9-15(17)14(19(2)18-9)8-16(20)7-10-6-13(16)12-5-3-4-11(10)12/h10-13,20H,3-8H2,1-2H3. The third-order valence-electron chi connectivity index (χ3n) is 6.34. The highest BCUT2D eigenvalue weighted by atomic mass is 35.5. The zero-order valence-electron chi connectivity index (χ0n) is 12.3. The van der Waals surface area contributed by atoms with E-state index in [2.05, 4.69) is 5.10 Å². The fourth-order valence-electron chi connectivity index (χ4n) is 5.60. The van der Waals surface area contributed by atoms with E-state index in [-0.39, 0.29) is 0 Å². The summed E-state index contributed by atoms with van der Waals surface area (Å²) in [6.07, 6.45) is 6.97. The van der Waals surface area contributed by atoms with Crippen LogP contribution < -0.4 is 0 Å². The number of rotatable bonds is 2. The van der Waals surface area contributed by atoms with E-state index >= 15 is 0 Å². The Morgan fingerprint density at radius 2 is 2.15 bits per heavy atom. The lowest BCUT2D eigenvalue weighted by Gasteiger charge is -2.39. The predicted molar refractivity (Wildman–Crippen MR) is 78.7 cm³/mol. The van der Waals surface area contributed by atoms with E-state index in [4.69, 9.17) is 11.6 Å². The van der Waals surface area contributed by atoms with Gasteiger partial charge in [0, 0.05) is 13.5 Å². The molecule has 3 saturated carbocycles. The van der Waals surface area contributed by atoms with E-state index in [1.807, 2.05) is 18.7 Å². The van der Waals surface area contributed by atoms with Crippen molar-refractivity contribution in [2.75, 3.05) is 0 Å². The molecule has 4 rings (SSSR count). The highest BCUT2D eigenvalue weighted by molar-refractivity contribution is 6.31. The molecule has 110 valence electrons. The van der Waals surface area contributed by atoms with Crippen LogP contribution in [0.5, 0.6) is 0 Å². The molecule has 1 heterocycles. The summed E-state index contributed by atoms with van der Waals surface area (Å²) in [5.74, 6) is 2.92. The van der Waals surface area contributed by atoms with Crippen LogP contribution in [0.15, 0.2) is 0 Å². The molecule has 0 spiro atoms. The first-order valence-electron chi connectivity index (χ1n) is 7.90. The monoisotopic (exact) mass is 294 g/mol.